The molecule has 0 unspecified atom stereocenters. The van der Waals surface area contributed by atoms with Crippen molar-refractivity contribution in [2.75, 3.05) is 25.9 Å². The van der Waals surface area contributed by atoms with Crippen molar-refractivity contribution < 1.29 is 14.3 Å². The summed E-state index contributed by atoms with van der Waals surface area (Å²) < 4.78 is 5.33. The van der Waals surface area contributed by atoms with Gasteiger partial charge in [-0.2, -0.15) is 0 Å². The van der Waals surface area contributed by atoms with E-state index < -0.39 is 0 Å². The molecule has 0 atom stereocenters. The molecular formula is C23H30ClN3O3. The summed E-state index contributed by atoms with van der Waals surface area (Å²) in [7, 11) is 1.61. The number of nitrogens with two attached hydrogens (primary N) is 1. The largest absolute Gasteiger partial charge is 0.496 e. The zero-order valence-corrected chi connectivity index (χ0v) is 18.1. The second-order valence-corrected chi connectivity index (χ2v) is 7.41. The second-order valence-electron chi connectivity index (χ2n) is 7.41. The van der Waals surface area contributed by atoms with E-state index in [0.29, 0.717) is 32.4 Å². The Balaban J connectivity index is 0.00000320. The van der Waals surface area contributed by atoms with Crippen LogP contribution >= 0.6 is 12.4 Å². The van der Waals surface area contributed by atoms with Gasteiger partial charge in [-0.25, -0.2) is 0 Å². The van der Waals surface area contributed by atoms with Gasteiger partial charge < -0.3 is 20.7 Å². The van der Waals surface area contributed by atoms with Crippen molar-refractivity contribution in [2.24, 2.45) is 0 Å². The highest BCUT2D eigenvalue weighted by molar-refractivity contribution is 5.85. The van der Waals surface area contributed by atoms with E-state index in [-0.39, 0.29) is 30.3 Å². The van der Waals surface area contributed by atoms with Crippen LogP contribution in [0.4, 0.5) is 5.69 Å². The molecule has 0 bridgehead atoms. The molecule has 3 N–H and O–H groups in total. The Kier molecular flexibility index (Phi) is 8.99. The topological polar surface area (TPSA) is 84.7 Å². The number of nitrogens with zero attached hydrogens (tertiary/aromatic N) is 1. The average molecular weight is 432 g/mol. The number of carbonyl (C=O) groups is 2. The first-order chi connectivity index (χ1) is 14.1. The Bertz CT molecular complexity index is 851. The Labute approximate surface area is 184 Å². The Hall–Kier alpha value is -2.73. The van der Waals surface area contributed by atoms with Crippen LogP contribution in [-0.4, -0.2) is 43.0 Å². The summed E-state index contributed by atoms with van der Waals surface area (Å²) in [5.74, 6) is 0.868. The van der Waals surface area contributed by atoms with E-state index in [2.05, 4.69) is 5.32 Å². The summed E-state index contributed by atoms with van der Waals surface area (Å²) in [5, 5.41) is 3.10. The van der Waals surface area contributed by atoms with Gasteiger partial charge in [-0.05, 0) is 37.0 Å². The average Bonchev–Trinajstić information content (AvgIpc) is 2.74. The van der Waals surface area contributed by atoms with Crippen molar-refractivity contribution in [1.82, 2.24) is 10.2 Å². The zero-order chi connectivity index (χ0) is 20.6. The number of aryl methyl sites for hydroxylation is 1. The lowest BCUT2D eigenvalue weighted by atomic mass is 10.0. The smallest absolute Gasteiger partial charge is 0.227 e. The number of amides is 2. The minimum atomic E-state index is 0. The summed E-state index contributed by atoms with van der Waals surface area (Å²) in [6, 6.07) is 15.3. The van der Waals surface area contributed by atoms with E-state index in [4.69, 9.17) is 10.5 Å². The molecule has 1 saturated heterocycles. The van der Waals surface area contributed by atoms with Crippen LogP contribution in [0.5, 0.6) is 5.75 Å². The number of piperidine rings is 1. The van der Waals surface area contributed by atoms with Crippen LogP contribution in [0.1, 0.15) is 30.4 Å². The maximum atomic E-state index is 12.6. The molecule has 0 aromatic heterocycles. The van der Waals surface area contributed by atoms with E-state index in [9.17, 15) is 9.59 Å². The van der Waals surface area contributed by atoms with E-state index in [1.165, 1.54) is 0 Å². The number of methoxy groups -OCH3 is 1. The monoisotopic (exact) mass is 431 g/mol. The summed E-state index contributed by atoms with van der Waals surface area (Å²) >= 11 is 0. The molecule has 0 saturated carbocycles. The molecule has 1 heterocycles. The van der Waals surface area contributed by atoms with Crippen LogP contribution in [0, 0.1) is 0 Å². The number of nitrogen functional groups attached to an aromatic ring is 1. The van der Waals surface area contributed by atoms with Crippen LogP contribution in [0.15, 0.2) is 48.5 Å². The number of carbonyl (C=O) groups excluding carboxylic acids is 2. The molecule has 2 amide bonds. The minimum absolute atomic E-state index is 0. The third kappa shape index (κ3) is 6.39. The van der Waals surface area contributed by atoms with Crippen molar-refractivity contribution in [3.05, 3.63) is 59.7 Å². The molecule has 0 radical (unpaired) electrons. The molecule has 1 aliphatic heterocycles. The molecule has 2 aromatic rings. The Morgan fingerprint density at radius 3 is 2.37 bits per heavy atom. The maximum absolute atomic E-state index is 12.6. The molecule has 162 valence electrons. The van der Waals surface area contributed by atoms with Gasteiger partial charge in [0.2, 0.25) is 11.8 Å². The van der Waals surface area contributed by atoms with Gasteiger partial charge in [0, 0.05) is 36.8 Å². The Morgan fingerprint density at radius 2 is 1.70 bits per heavy atom. The number of halogens is 1. The normalized spacial score (nSPS) is 14.0. The predicted molar refractivity (Wildman–Crippen MR) is 121 cm³/mol. The number of para-hydroxylation sites is 2. The molecule has 30 heavy (non-hydrogen) atoms. The lowest BCUT2D eigenvalue weighted by Crippen LogP contribution is -2.47. The number of benzene rings is 2. The van der Waals surface area contributed by atoms with E-state index >= 15 is 0 Å². The third-order valence-electron chi connectivity index (χ3n) is 5.42. The molecule has 0 spiro atoms. The van der Waals surface area contributed by atoms with Gasteiger partial charge in [-0.15, -0.1) is 12.4 Å². The third-order valence-corrected chi connectivity index (χ3v) is 5.42. The number of anilines is 1. The standard InChI is InChI=1S/C23H29N3O3.ClH/c1-29-21-9-5-3-7-18(21)16-23(28)26-14-12-19(13-15-26)25-22(27)11-10-17-6-2-4-8-20(17)24;/h2-9,19H,10-16,24H2,1H3,(H,25,27);1H. The first-order valence-corrected chi connectivity index (χ1v) is 10.1. The summed E-state index contributed by atoms with van der Waals surface area (Å²) in [6.07, 6.45) is 2.93. The molecule has 3 rings (SSSR count). The van der Waals surface area contributed by atoms with Gasteiger partial charge >= 0.3 is 0 Å². The first-order valence-electron chi connectivity index (χ1n) is 10.1. The van der Waals surface area contributed by atoms with Crippen LogP contribution in [0.25, 0.3) is 0 Å². The number of likely N-dealkylation sites (tertiary alicyclic amines) is 1. The second kappa shape index (κ2) is 11.5. The number of hydrogen-bond acceptors (Lipinski definition) is 4. The first kappa shape index (κ1) is 23.5. The van der Waals surface area contributed by atoms with E-state index in [0.717, 1.165) is 35.4 Å². The molecule has 1 fully saturated rings. The molecule has 7 heteroatoms. The number of rotatable bonds is 7. The highest BCUT2D eigenvalue weighted by Crippen LogP contribution is 2.20. The lowest BCUT2D eigenvalue weighted by Gasteiger charge is -2.32. The molecule has 2 aromatic carbocycles. The minimum Gasteiger partial charge on any atom is -0.496 e. The van der Waals surface area contributed by atoms with Gasteiger partial charge in [0.25, 0.3) is 0 Å². The quantitative estimate of drug-likeness (QED) is 0.660. The SMILES string of the molecule is COc1ccccc1CC(=O)N1CCC(NC(=O)CCc2ccccc2N)CC1.Cl. The van der Waals surface area contributed by atoms with Crippen molar-refractivity contribution in [3.63, 3.8) is 0 Å². The fourth-order valence-electron chi connectivity index (χ4n) is 3.71. The van der Waals surface area contributed by atoms with E-state index in [1.807, 2.05) is 53.4 Å². The van der Waals surface area contributed by atoms with Crippen LogP contribution in [-0.2, 0) is 22.4 Å². The summed E-state index contributed by atoms with van der Waals surface area (Å²) in [5.41, 5.74) is 8.55. The van der Waals surface area contributed by atoms with Crippen molar-refractivity contribution in [3.8, 4) is 5.75 Å². The predicted octanol–water partition coefficient (Wildman–Crippen LogP) is 2.98. The molecule has 6 nitrogen and oxygen atoms in total. The fraction of sp³-hybridized carbons (Fsp3) is 0.391. The van der Waals surface area contributed by atoms with Gasteiger partial charge in [-0.3, -0.25) is 9.59 Å². The highest BCUT2D eigenvalue weighted by Gasteiger charge is 2.24. The maximum Gasteiger partial charge on any atom is 0.227 e. The van der Waals surface area contributed by atoms with Crippen molar-refractivity contribution >= 4 is 29.9 Å². The zero-order valence-electron chi connectivity index (χ0n) is 17.3. The highest BCUT2D eigenvalue weighted by atomic mass is 35.5. The molecular weight excluding hydrogens is 402 g/mol. The summed E-state index contributed by atoms with van der Waals surface area (Å²) in [6.45, 7) is 1.31. The lowest BCUT2D eigenvalue weighted by molar-refractivity contribution is -0.131. The number of nitrogens with one attached hydrogen (secondary N) is 1. The van der Waals surface area contributed by atoms with Crippen LogP contribution in [0.2, 0.25) is 0 Å². The van der Waals surface area contributed by atoms with Gasteiger partial charge in [0.05, 0.1) is 13.5 Å². The number of ether oxygens (including phenoxy) is 1. The van der Waals surface area contributed by atoms with E-state index in [1.54, 1.807) is 7.11 Å². The van der Waals surface area contributed by atoms with Gasteiger partial charge in [0.1, 0.15) is 5.75 Å². The molecule has 1 aliphatic rings. The van der Waals surface area contributed by atoms with Crippen molar-refractivity contribution in [2.45, 2.75) is 38.1 Å². The van der Waals surface area contributed by atoms with Gasteiger partial charge in [-0.1, -0.05) is 36.4 Å². The summed E-state index contributed by atoms with van der Waals surface area (Å²) in [4.78, 5) is 26.8. The number of hydrogen-bond donors (Lipinski definition) is 2. The van der Waals surface area contributed by atoms with Crippen LogP contribution < -0.4 is 15.8 Å². The van der Waals surface area contributed by atoms with Gasteiger partial charge in [0.15, 0.2) is 0 Å². The fourth-order valence-corrected chi connectivity index (χ4v) is 3.71. The van der Waals surface area contributed by atoms with Crippen molar-refractivity contribution in [1.29, 1.82) is 0 Å². The molecule has 0 aliphatic carbocycles. The Morgan fingerprint density at radius 1 is 1.07 bits per heavy atom. The van der Waals surface area contributed by atoms with Crippen LogP contribution in [0.3, 0.4) is 0 Å².